The van der Waals surface area contributed by atoms with Crippen molar-refractivity contribution in [2.75, 3.05) is 36.5 Å². The summed E-state index contributed by atoms with van der Waals surface area (Å²) in [6.07, 6.45) is 0. The number of anilines is 2. The van der Waals surface area contributed by atoms with Gasteiger partial charge in [0.05, 0.1) is 18.9 Å². The Kier molecular flexibility index (Phi) is 5.35. The van der Waals surface area contributed by atoms with Crippen LogP contribution in [0.15, 0.2) is 72.8 Å². The maximum atomic E-state index is 14.6. The van der Waals surface area contributed by atoms with E-state index in [1.54, 1.807) is 12.1 Å². The summed E-state index contributed by atoms with van der Waals surface area (Å²) < 4.78 is 19.9. The quantitative estimate of drug-likeness (QED) is 0.725. The maximum Gasteiger partial charge on any atom is 0.255 e. The second-order valence-electron chi connectivity index (χ2n) is 6.66. The molecule has 1 N–H and O–H groups in total. The standard InChI is InChI=1S/C23H21FN2O2/c24-21-16-20(26-11-13-28-14-12-26)9-10-22(21)25-23(27)19-8-4-7-18(15-19)17-5-2-1-3-6-17/h1-10,15-16H,11-14H2,(H,25,27). The predicted octanol–water partition coefficient (Wildman–Crippen LogP) is 4.58. The van der Waals surface area contributed by atoms with E-state index >= 15 is 0 Å². The lowest BCUT2D eigenvalue weighted by Crippen LogP contribution is -2.36. The summed E-state index contributed by atoms with van der Waals surface area (Å²) in [5, 5.41) is 2.68. The van der Waals surface area contributed by atoms with E-state index in [1.165, 1.54) is 6.07 Å². The summed E-state index contributed by atoms with van der Waals surface area (Å²) in [4.78, 5) is 14.7. The number of halogens is 1. The SMILES string of the molecule is O=C(Nc1ccc(N2CCOCC2)cc1F)c1cccc(-c2ccccc2)c1. The number of ether oxygens (including phenoxy) is 1. The molecule has 4 rings (SSSR count). The van der Waals surface area contributed by atoms with Crippen LogP contribution in [0.4, 0.5) is 15.8 Å². The second kappa shape index (κ2) is 8.23. The molecule has 1 aliphatic heterocycles. The van der Waals surface area contributed by atoms with Crippen LogP contribution in [0.5, 0.6) is 0 Å². The Labute approximate surface area is 163 Å². The minimum Gasteiger partial charge on any atom is -0.378 e. The molecule has 0 saturated carbocycles. The van der Waals surface area contributed by atoms with Gasteiger partial charge in [-0.05, 0) is 41.5 Å². The highest BCUT2D eigenvalue weighted by Gasteiger charge is 2.15. The first-order valence-corrected chi connectivity index (χ1v) is 9.30. The summed E-state index contributed by atoms with van der Waals surface area (Å²) in [6.45, 7) is 2.74. The molecule has 0 spiro atoms. The molecule has 1 fully saturated rings. The Morgan fingerprint density at radius 3 is 2.39 bits per heavy atom. The fraction of sp³-hybridized carbons (Fsp3) is 0.174. The van der Waals surface area contributed by atoms with Crippen molar-refractivity contribution >= 4 is 17.3 Å². The fourth-order valence-corrected chi connectivity index (χ4v) is 3.29. The van der Waals surface area contributed by atoms with Gasteiger partial charge in [0, 0.05) is 24.3 Å². The van der Waals surface area contributed by atoms with E-state index in [2.05, 4.69) is 10.2 Å². The summed E-state index contributed by atoms with van der Waals surface area (Å²) in [5.74, 6) is -0.785. The topological polar surface area (TPSA) is 41.6 Å². The van der Waals surface area contributed by atoms with Gasteiger partial charge in [0.25, 0.3) is 5.91 Å². The highest BCUT2D eigenvalue weighted by Crippen LogP contribution is 2.24. The Bertz CT molecular complexity index is 969. The minimum absolute atomic E-state index is 0.173. The molecule has 1 aliphatic rings. The van der Waals surface area contributed by atoms with E-state index in [9.17, 15) is 9.18 Å². The molecule has 1 amide bonds. The van der Waals surface area contributed by atoms with Gasteiger partial charge in [-0.2, -0.15) is 0 Å². The molecular weight excluding hydrogens is 355 g/mol. The van der Waals surface area contributed by atoms with Crippen molar-refractivity contribution in [1.29, 1.82) is 0 Å². The second-order valence-corrected chi connectivity index (χ2v) is 6.66. The molecule has 28 heavy (non-hydrogen) atoms. The van der Waals surface area contributed by atoms with Crippen molar-refractivity contribution in [1.82, 2.24) is 0 Å². The number of morpholine rings is 1. The van der Waals surface area contributed by atoms with Crippen LogP contribution in [0.2, 0.25) is 0 Å². The summed E-state index contributed by atoms with van der Waals surface area (Å²) in [6, 6.07) is 22.0. The number of amides is 1. The van der Waals surface area contributed by atoms with E-state index in [0.29, 0.717) is 18.8 Å². The van der Waals surface area contributed by atoms with E-state index in [0.717, 1.165) is 29.9 Å². The van der Waals surface area contributed by atoms with Crippen molar-refractivity contribution in [2.24, 2.45) is 0 Å². The third-order valence-corrected chi connectivity index (χ3v) is 4.81. The zero-order valence-electron chi connectivity index (χ0n) is 15.4. The van der Waals surface area contributed by atoms with Crippen molar-refractivity contribution in [3.8, 4) is 11.1 Å². The molecule has 142 valence electrons. The van der Waals surface area contributed by atoms with Crippen LogP contribution >= 0.6 is 0 Å². The number of carbonyl (C=O) groups excluding carboxylic acids is 1. The van der Waals surface area contributed by atoms with Crippen LogP contribution in [-0.2, 0) is 4.74 Å². The molecular formula is C23H21FN2O2. The van der Waals surface area contributed by atoms with E-state index in [4.69, 9.17) is 4.74 Å². The van der Waals surface area contributed by atoms with Crippen LogP contribution < -0.4 is 10.2 Å². The van der Waals surface area contributed by atoms with Crippen LogP contribution in [0, 0.1) is 5.82 Å². The molecule has 1 heterocycles. The molecule has 4 nitrogen and oxygen atoms in total. The average molecular weight is 376 g/mol. The number of nitrogens with zero attached hydrogens (tertiary/aromatic N) is 1. The Morgan fingerprint density at radius 2 is 1.64 bits per heavy atom. The Balaban J connectivity index is 1.51. The first kappa shape index (κ1) is 18.2. The normalized spacial score (nSPS) is 14.0. The molecule has 0 aliphatic carbocycles. The van der Waals surface area contributed by atoms with Gasteiger partial charge in [-0.1, -0.05) is 42.5 Å². The first-order chi connectivity index (χ1) is 13.7. The molecule has 0 radical (unpaired) electrons. The van der Waals surface area contributed by atoms with Gasteiger partial charge in [0.2, 0.25) is 0 Å². The lowest BCUT2D eigenvalue weighted by Gasteiger charge is -2.29. The highest BCUT2D eigenvalue weighted by molar-refractivity contribution is 6.05. The maximum absolute atomic E-state index is 14.6. The number of benzene rings is 3. The highest BCUT2D eigenvalue weighted by atomic mass is 19.1. The Morgan fingerprint density at radius 1 is 0.893 bits per heavy atom. The lowest BCUT2D eigenvalue weighted by molar-refractivity contribution is 0.102. The van der Waals surface area contributed by atoms with Crippen molar-refractivity contribution < 1.29 is 13.9 Å². The van der Waals surface area contributed by atoms with Crippen molar-refractivity contribution in [3.63, 3.8) is 0 Å². The number of hydrogen-bond donors (Lipinski definition) is 1. The fourth-order valence-electron chi connectivity index (χ4n) is 3.29. The van der Waals surface area contributed by atoms with Gasteiger partial charge < -0.3 is 15.0 Å². The summed E-state index contributed by atoms with van der Waals surface area (Å²) in [7, 11) is 0. The number of rotatable bonds is 4. The van der Waals surface area contributed by atoms with Gasteiger partial charge in [-0.25, -0.2) is 4.39 Å². The molecule has 0 atom stereocenters. The van der Waals surface area contributed by atoms with Crippen LogP contribution in [-0.4, -0.2) is 32.2 Å². The third-order valence-electron chi connectivity index (χ3n) is 4.81. The molecule has 0 bridgehead atoms. The third kappa shape index (κ3) is 4.05. The zero-order chi connectivity index (χ0) is 19.3. The minimum atomic E-state index is -0.448. The first-order valence-electron chi connectivity index (χ1n) is 9.30. The summed E-state index contributed by atoms with van der Waals surface area (Å²) in [5.41, 5.74) is 3.42. The average Bonchev–Trinajstić information content (AvgIpc) is 2.76. The van der Waals surface area contributed by atoms with E-state index < -0.39 is 5.82 Å². The van der Waals surface area contributed by atoms with Crippen LogP contribution in [0.3, 0.4) is 0 Å². The van der Waals surface area contributed by atoms with Crippen molar-refractivity contribution in [3.05, 3.63) is 84.2 Å². The van der Waals surface area contributed by atoms with Gasteiger partial charge >= 0.3 is 0 Å². The van der Waals surface area contributed by atoms with Gasteiger partial charge in [0.1, 0.15) is 5.82 Å². The number of carbonyl (C=O) groups is 1. The van der Waals surface area contributed by atoms with Gasteiger partial charge in [0.15, 0.2) is 0 Å². The van der Waals surface area contributed by atoms with E-state index in [1.807, 2.05) is 54.6 Å². The molecule has 0 unspecified atom stereocenters. The predicted molar refractivity (Wildman–Crippen MR) is 109 cm³/mol. The van der Waals surface area contributed by atoms with Gasteiger partial charge in [-0.15, -0.1) is 0 Å². The number of hydrogen-bond acceptors (Lipinski definition) is 3. The van der Waals surface area contributed by atoms with Crippen LogP contribution in [0.1, 0.15) is 10.4 Å². The molecule has 0 aromatic heterocycles. The largest absolute Gasteiger partial charge is 0.378 e. The number of nitrogens with one attached hydrogen (secondary N) is 1. The summed E-state index contributed by atoms with van der Waals surface area (Å²) >= 11 is 0. The lowest BCUT2D eigenvalue weighted by atomic mass is 10.0. The van der Waals surface area contributed by atoms with Crippen LogP contribution in [0.25, 0.3) is 11.1 Å². The van der Waals surface area contributed by atoms with E-state index in [-0.39, 0.29) is 11.6 Å². The van der Waals surface area contributed by atoms with Crippen molar-refractivity contribution in [2.45, 2.75) is 0 Å². The molecule has 5 heteroatoms. The zero-order valence-corrected chi connectivity index (χ0v) is 15.4. The monoisotopic (exact) mass is 376 g/mol. The molecule has 3 aromatic carbocycles. The molecule has 1 saturated heterocycles. The Hall–Kier alpha value is -3.18. The smallest absolute Gasteiger partial charge is 0.255 e. The molecule has 3 aromatic rings. The van der Waals surface area contributed by atoms with Gasteiger partial charge in [-0.3, -0.25) is 4.79 Å².